The summed E-state index contributed by atoms with van der Waals surface area (Å²) in [6.45, 7) is 6.57. The van der Waals surface area contributed by atoms with E-state index in [2.05, 4.69) is 81.5 Å². The maximum atomic E-state index is 12.9. The van der Waals surface area contributed by atoms with Crippen LogP contribution in [0.3, 0.4) is 0 Å². The van der Waals surface area contributed by atoms with Crippen molar-refractivity contribution in [2.45, 2.75) is 348 Å². The minimum Gasteiger partial charge on any atom is -0.462 e. The summed E-state index contributed by atoms with van der Waals surface area (Å²) in [6, 6.07) is 0. The van der Waals surface area contributed by atoms with Gasteiger partial charge in [-0.15, -0.1) is 0 Å². The number of rotatable bonds is 60. The first kappa shape index (κ1) is 72.1. The van der Waals surface area contributed by atoms with Gasteiger partial charge in [0.25, 0.3) is 0 Å². The molecule has 0 saturated carbocycles. The zero-order valence-electron chi connectivity index (χ0n) is 50.1. The Morgan fingerprint density at radius 2 is 0.520 bits per heavy atom. The van der Waals surface area contributed by atoms with Crippen molar-refractivity contribution in [3.8, 4) is 0 Å². The summed E-state index contributed by atoms with van der Waals surface area (Å²) in [6.07, 6.45) is 80.8. The standard InChI is InChI=1S/C69H124O6/c1-4-7-10-13-16-19-22-25-28-30-32-33-34-35-37-38-41-44-47-50-53-56-59-62-68(71)74-65-66(64-73-67(70)61-58-55-52-49-46-43-40-27-24-21-18-15-12-9-6-3)75-69(72)63-60-57-54-51-48-45-42-39-36-31-29-26-23-20-17-14-11-8-5-2/h8,11,17,20,26,29-30,32,36,39,66H,4-7,9-10,12-16,18-19,21-25,27-28,31,33-35,37-38,40-65H2,1-3H3/b11-8-,20-17-,29-26-,32-30-,39-36-. The zero-order chi connectivity index (χ0) is 54.3. The van der Waals surface area contributed by atoms with Crippen LogP contribution in [0, 0.1) is 0 Å². The highest BCUT2D eigenvalue weighted by atomic mass is 16.6. The van der Waals surface area contributed by atoms with E-state index in [4.69, 9.17) is 14.2 Å². The third-order valence-corrected chi connectivity index (χ3v) is 14.5. The molecule has 0 aliphatic rings. The van der Waals surface area contributed by atoms with Crippen LogP contribution in [-0.4, -0.2) is 37.2 Å². The van der Waals surface area contributed by atoms with Crippen LogP contribution in [0.15, 0.2) is 60.8 Å². The van der Waals surface area contributed by atoms with Crippen LogP contribution in [0.5, 0.6) is 0 Å². The van der Waals surface area contributed by atoms with E-state index in [-0.39, 0.29) is 31.1 Å². The summed E-state index contributed by atoms with van der Waals surface area (Å²) >= 11 is 0. The normalized spacial score (nSPS) is 12.4. The Labute approximate surface area is 466 Å². The van der Waals surface area contributed by atoms with Gasteiger partial charge in [-0.3, -0.25) is 14.4 Å². The molecule has 0 saturated heterocycles. The second kappa shape index (κ2) is 63.6. The zero-order valence-corrected chi connectivity index (χ0v) is 50.1. The molecule has 0 aliphatic heterocycles. The molecule has 0 aromatic heterocycles. The Balaban J connectivity index is 4.33. The Morgan fingerprint density at radius 1 is 0.280 bits per heavy atom. The Bertz CT molecular complexity index is 1340. The van der Waals surface area contributed by atoms with Gasteiger partial charge in [-0.05, 0) is 83.5 Å². The molecule has 1 unspecified atom stereocenters. The lowest BCUT2D eigenvalue weighted by atomic mass is 10.0. The molecule has 0 amide bonds. The van der Waals surface area contributed by atoms with Crippen LogP contribution in [-0.2, 0) is 28.6 Å². The smallest absolute Gasteiger partial charge is 0.306 e. The van der Waals surface area contributed by atoms with Crippen molar-refractivity contribution in [3.05, 3.63) is 60.8 Å². The molecule has 0 aromatic rings. The average molecular weight is 1050 g/mol. The highest BCUT2D eigenvalue weighted by molar-refractivity contribution is 5.71. The van der Waals surface area contributed by atoms with Gasteiger partial charge in [0.2, 0.25) is 0 Å². The minimum absolute atomic E-state index is 0.0767. The first-order chi connectivity index (χ1) is 37.0. The lowest BCUT2D eigenvalue weighted by molar-refractivity contribution is -0.167. The maximum absolute atomic E-state index is 12.9. The Morgan fingerprint density at radius 3 is 0.827 bits per heavy atom. The molecule has 0 heterocycles. The molecule has 1 atom stereocenters. The second-order valence-electron chi connectivity index (χ2n) is 22.0. The van der Waals surface area contributed by atoms with Crippen LogP contribution < -0.4 is 0 Å². The van der Waals surface area contributed by atoms with Crippen LogP contribution >= 0.6 is 0 Å². The fourth-order valence-electron chi connectivity index (χ4n) is 9.61. The monoisotopic (exact) mass is 1050 g/mol. The third kappa shape index (κ3) is 61.8. The van der Waals surface area contributed by atoms with Crippen LogP contribution in [0.25, 0.3) is 0 Å². The van der Waals surface area contributed by atoms with E-state index in [1.807, 2.05) is 0 Å². The van der Waals surface area contributed by atoms with E-state index >= 15 is 0 Å². The van der Waals surface area contributed by atoms with Gasteiger partial charge in [-0.2, -0.15) is 0 Å². The molecule has 0 bridgehead atoms. The van der Waals surface area contributed by atoms with Crippen molar-refractivity contribution in [1.82, 2.24) is 0 Å². The molecular weight excluding hydrogens is 925 g/mol. The van der Waals surface area contributed by atoms with Crippen molar-refractivity contribution in [2.75, 3.05) is 13.2 Å². The van der Waals surface area contributed by atoms with Gasteiger partial charge in [0.1, 0.15) is 13.2 Å². The van der Waals surface area contributed by atoms with Gasteiger partial charge in [0, 0.05) is 19.3 Å². The molecule has 75 heavy (non-hydrogen) atoms. The number of ether oxygens (including phenoxy) is 3. The first-order valence-electron chi connectivity index (χ1n) is 32.8. The summed E-state index contributed by atoms with van der Waals surface area (Å²) in [5.74, 6) is -0.871. The summed E-state index contributed by atoms with van der Waals surface area (Å²) in [4.78, 5) is 38.4. The van der Waals surface area contributed by atoms with Gasteiger partial charge in [0.15, 0.2) is 6.10 Å². The van der Waals surface area contributed by atoms with Gasteiger partial charge in [0.05, 0.1) is 0 Å². The maximum Gasteiger partial charge on any atom is 0.306 e. The van der Waals surface area contributed by atoms with E-state index < -0.39 is 6.10 Å². The molecule has 0 aromatic carbocycles. The van der Waals surface area contributed by atoms with Crippen molar-refractivity contribution in [1.29, 1.82) is 0 Å². The fraction of sp³-hybridized carbons (Fsp3) is 0.812. The number of hydrogen-bond acceptors (Lipinski definition) is 6. The summed E-state index contributed by atoms with van der Waals surface area (Å²) < 4.78 is 17.0. The average Bonchev–Trinajstić information content (AvgIpc) is 3.41. The SMILES string of the molecule is CC/C=C\C/C=C\C/C=C\C/C=C\CCCCCCCCC(=O)OC(COC(=O)CCCCCCCCCCCCC/C=C\CCCCCCCCCC)COC(=O)CCCCCCCCCCCCCCCCC. The van der Waals surface area contributed by atoms with Crippen molar-refractivity contribution in [2.24, 2.45) is 0 Å². The Hall–Kier alpha value is -2.89. The predicted molar refractivity (Wildman–Crippen MR) is 325 cm³/mol. The quantitative estimate of drug-likeness (QED) is 0.0261. The number of carbonyl (C=O) groups is 3. The van der Waals surface area contributed by atoms with Crippen LogP contribution in [0.2, 0.25) is 0 Å². The topological polar surface area (TPSA) is 78.9 Å². The largest absolute Gasteiger partial charge is 0.462 e. The van der Waals surface area contributed by atoms with Crippen molar-refractivity contribution in [3.63, 3.8) is 0 Å². The summed E-state index contributed by atoms with van der Waals surface area (Å²) in [5, 5.41) is 0. The molecule has 0 fully saturated rings. The first-order valence-corrected chi connectivity index (χ1v) is 32.8. The van der Waals surface area contributed by atoms with Crippen molar-refractivity contribution >= 4 is 17.9 Å². The fourth-order valence-corrected chi connectivity index (χ4v) is 9.61. The van der Waals surface area contributed by atoms with E-state index in [1.54, 1.807) is 0 Å². The molecule has 0 aliphatic carbocycles. The van der Waals surface area contributed by atoms with Crippen molar-refractivity contribution < 1.29 is 28.6 Å². The van der Waals surface area contributed by atoms with E-state index in [0.29, 0.717) is 19.3 Å². The number of unbranched alkanes of at least 4 members (excludes halogenated alkanes) is 39. The molecule has 6 nitrogen and oxygen atoms in total. The highest BCUT2D eigenvalue weighted by Gasteiger charge is 2.19. The molecule has 0 spiro atoms. The van der Waals surface area contributed by atoms with E-state index in [9.17, 15) is 14.4 Å². The summed E-state index contributed by atoms with van der Waals surface area (Å²) in [5.41, 5.74) is 0. The molecule has 436 valence electrons. The van der Waals surface area contributed by atoms with Gasteiger partial charge in [-0.25, -0.2) is 0 Å². The lowest BCUT2D eigenvalue weighted by Crippen LogP contribution is -2.30. The third-order valence-electron chi connectivity index (χ3n) is 14.5. The minimum atomic E-state index is -0.781. The van der Waals surface area contributed by atoms with E-state index in [0.717, 1.165) is 96.3 Å². The lowest BCUT2D eigenvalue weighted by Gasteiger charge is -2.18. The second-order valence-corrected chi connectivity index (χ2v) is 22.0. The molecule has 6 heteroatoms. The summed E-state index contributed by atoms with van der Waals surface area (Å²) in [7, 11) is 0. The molecular formula is C69H124O6. The number of allylic oxidation sites excluding steroid dienone is 10. The van der Waals surface area contributed by atoms with Crippen LogP contribution in [0.4, 0.5) is 0 Å². The highest BCUT2D eigenvalue weighted by Crippen LogP contribution is 2.17. The molecule has 0 radical (unpaired) electrons. The Kier molecular flexibility index (Phi) is 61.2. The van der Waals surface area contributed by atoms with Gasteiger partial charge in [-0.1, -0.05) is 300 Å². The number of carbonyl (C=O) groups excluding carboxylic acids is 3. The molecule has 0 N–H and O–H groups in total. The number of esters is 3. The number of hydrogen-bond donors (Lipinski definition) is 0. The van der Waals surface area contributed by atoms with Gasteiger partial charge >= 0.3 is 17.9 Å². The van der Waals surface area contributed by atoms with Gasteiger partial charge < -0.3 is 14.2 Å². The van der Waals surface area contributed by atoms with Crippen LogP contribution in [0.1, 0.15) is 342 Å². The van der Waals surface area contributed by atoms with E-state index in [1.165, 1.54) is 205 Å². The predicted octanol–water partition coefficient (Wildman–Crippen LogP) is 22.3. The molecule has 0 rings (SSSR count).